The molecule has 0 saturated heterocycles. The van der Waals surface area contributed by atoms with E-state index < -0.39 is 38.3 Å². The monoisotopic (exact) mass is 472 g/mol. The maximum Gasteiger partial charge on any atom is 0.416 e. The lowest BCUT2D eigenvalue weighted by molar-refractivity contribution is -0.384. The van der Waals surface area contributed by atoms with Crippen LogP contribution in [0.5, 0.6) is 0 Å². The molecule has 0 unspecified atom stereocenters. The molecule has 0 aromatic heterocycles. The summed E-state index contributed by atoms with van der Waals surface area (Å²) in [4.78, 5) is 22.3. The fourth-order valence-electron chi connectivity index (χ4n) is 2.54. The van der Waals surface area contributed by atoms with Crippen molar-refractivity contribution in [1.82, 2.24) is 10.0 Å². The van der Waals surface area contributed by atoms with Crippen LogP contribution >= 0.6 is 0 Å². The minimum absolute atomic E-state index is 0.0144. The van der Waals surface area contributed by atoms with E-state index >= 15 is 0 Å². The van der Waals surface area contributed by atoms with Crippen LogP contribution in [-0.2, 0) is 16.2 Å². The number of hydrogen-bond acceptors (Lipinski definition) is 6. The van der Waals surface area contributed by atoms with E-state index in [0.29, 0.717) is 12.1 Å². The normalized spacial score (nSPS) is 11.6. The van der Waals surface area contributed by atoms with Crippen molar-refractivity contribution in [3.63, 3.8) is 0 Å². The number of nitrogens with zero attached hydrogens (tertiary/aromatic N) is 1. The van der Waals surface area contributed by atoms with Crippen molar-refractivity contribution in [3.8, 4) is 0 Å². The Labute approximate surface area is 181 Å². The summed E-state index contributed by atoms with van der Waals surface area (Å²) in [7, 11) is -3.82. The molecule has 0 radical (unpaired) electrons. The van der Waals surface area contributed by atoms with Gasteiger partial charge in [-0.15, -0.1) is 6.58 Å². The molecular formula is C19H19F3N4O5S. The number of hydrogen-bond donors (Lipinski definition) is 3. The standard InChI is InChI=1S/C19H19F3N4O5S/c1-2-8-25-32(30,31)15-5-3-4-13(11-15)18(27)24-10-9-23-16-7-6-14(19(20,21)22)12-17(16)26(28)29/h2-7,11-12,23,25H,1,8-10H2,(H,24,27). The van der Waals surface area contributed by atoms with Gasteiger partial charge < -0.3 is 10.6 Å². The Bertz CT molecular complexity index is 1120. The molecule has 2 aromatic carbocycles. The molecule has 0 saturated carbocycles. The molecule has 0 aliphatic carbocycles. The second-order valence-electron chi connectivity index (χ2n) is 6.34. The van der Waals surface area contributed by atoms with E-state index in [9.17, 15) is 36.5 Å². The lowest BCUT2D eigenvalue weighted by atomic mass is 10.1. The first-order chi connectivity index (χ1) is 15.0. The third-order valence-electron chi connectivity index (χ3n) is 4.07. The molecule has 2 rings (SSSR count). The number of rotatable bonds is 10. The van der Waals surface area contributed by atoms with Crippen LogP contribution in [0.25, 0.3) is 0 Å². The van der Waals surface area contributed by atoms with Crippen molar-refractivity contribution < 1.29 is 31.3 Å². The maximum atomic E-state index is 12.7. The number of carbonyl (C=O) groups is 1. The average molecular weight is 472 g/mol. The van der Waals surface area contributed by atoms with Gasteiger partial charge in [0.15, 0.2) is 0 Å². The highest BCUT2D eigenvalue weighted by Crippen LogP contribution is 2.34. The number of halogens is 3. The largest absolute Gasteiger partial charge is 0.416 e. The maximum absolute atomic E-state index is 12.7. The van der Waals surface area contributed by atoms with Gasteiger partial charge in [0.25, 0.3) is 11.6 Å². The van der Waals surface area contributed by atoms with Gasteiger partial charge in [0.2, 0.25) is 10.0 Å². The molecule has 0 heterocycles. The van der Waals surface area contributed by atoms with Gasteiger partial charge in [-0.1, -0.05) is 12.1 Å². The molecule has 0 bridgehead atoms. The van der Waals surface area contributed by atoms with Gasteiger partial charge in [-0.2, -0.15) is 13.2 Å². The molecule has 1 amide bonds. The fraction of sp³-hybridized carbons (Fsp3) is 0.211. The zero-order valence-electron chi connectivity index (χ0n) is 16.5. The summed E-state index contributed by atoms with van der Waals surface area (Å²) in [6, 6.07) is 7.35. The summed E-state index contributed by atoms with van der Waals surface area (Å²) in [5, 5.41) is 16.2. The van der Waals surface area contributed by atoms with Crippen molar-refractivity contribution in [1.29, 1.82) is 0 Å². The Balaban J connectivity index is 2.00. The van der Waals surface area contributed by atoms with Gasteiger partial charge in [-0.3, -0.25) is 14.9 Å². The zero-order valence-corrected chi connectivity index (χ0v) is 17.3. The summed E-state index contributed by atoms with van der Waals surface area (Å²) in [5.41, 5.74) is -1.98. The second kappa shape index (κ2) is 10.2. The molecule has 0 fully saturated rings. The summed E-state index contributed by atoms with van der Waals surface area (Å²) in [6.07, 6.45) is -3.36. The molecular weight excluding hydrogens is 453 g/mol. The number of anilines is 1. The van der Waals surface area contributed by atoms with Crippen LogP contribution in [0.15, 0.2) is 60.0 Å². The SMILES string of the molecule is C=CCNS(=O)(=O)c1cccc(C(=O)NCCNc2ccc(C(F)(F)F)cc2[N+](=O)[O-])c1. The molecule has 0 aliphatic heterocycles. The Morgan fingerprint density at radius 3 is 2.50 bits per heavy atom. The first-order valence-corrected chi connectivity index (χ1v) is 10.5. The van der Waals surface area contributed by atoms with E-state index in [1.54, 1.807) is 0 Å². The van der Waals surface area contributed by atoms with E-state index in [-0.39, 0.29) is 35.8 Å². The molecule has 0 atom stereocenters. The van der Waals surface area contributed by atoms with Crippen LogP contribution in [0, 0.1) is 10.1 Å². The van der Waals surface area contributed by atoms with E-state index in [4.69, 9.17) is 0 Å². The zero-order chi connectivity index (χ0) is 23.9. The topological polar surface area (TPSA) is 130 Å². The molecule has 9 nitrogen and oxygen atoms in total. The number of nitro groups is 1. The van der Waals surface area contributed by atoms with E-state index in [2.05, 4.69) is 21.9 Å². The Morgan fingerprint density at radius 1 is 1.16 bits per heavy atom. The fourth-order valence-corrected chi connectivity index (χ4v) is 3.58. The van der Waals surface area contributed by atoms with Crippen LogP contribution < -0.4 is 15.4 Å². The van der Waals surface area contributed by atoms with E-state index in [1.165, 1.54) is 30.3 Å². The van der Waals surface area contributed by atoms with Crippen LogP contribution in [-0.4, -0.2) is 38.9 Å². The highest BCUT2D eigenvalue weighted by Gasteiger charge is 2.33. The predicted molar refractivity (Wildman–Crippen MR) is 111 cm³/mol. The number of carbonyl (C=O) groups excluding carboxylic acids is 1. The summed E-state index contributed by atoms with van der Waals surface area (Å²) < 4.78 is 64.8. The van der Waals surface area contributed by atoms with Crippen LogP contribution in [0.4, 0.5) is 24.5 Å². The van der Waals surface area contributed by atoms with Crippen LogP contribution in [0.1, 0.15) is 15.9 Å². The van der Waals surface area contributed by atoms with Crippen molar-refractivity contribution in [3.05, 3.63) is 76.4 Å². The molecule has 2 aromatic rings. The minimum atomic E-state index is -4.72. The van der Waals surface area contributed by atoms with Gasteiger partial charge in [0.1, 0.15) is 5.69 Å². The third kappa shape index (κ3) is 6.52. The van der Waals surface area contributed by atoms with Crippen molar-refractivity contribution >= 4 is 27.3 Å². The van der Waals surface area contributed by atoms with Crippen LogP contribution in [0.3, 0.4) is 0 Å². The van der Waals surface area contributed by atoms with Crippen LogP contribution in [0.2, 0.25) is 0 Å². The number of benzene rings is 2. The number of sulfonamides is 1. The minimum Gasteiger partial charge on any atom is -0.378 e. The quantitative estimate of drug-likeness (QED) is 0.211. The molecule has 0 spiro atoms. The highest BCUT2D eigenvalue weighted by atomic mass is 32.2. The number of nitro benzene ring substituents is 1. The first-order valence-electron chi connectivity index (χ1n) is 9.04. The van der Waals surface area contributed by atoms with E-state index in [1.807, 2.05) is 0 Å². The van der Waals surface area contributed by atoms with Crippen molar-refractivity contribution in [2.75, 3.05) is 25.0 Å². The summed E-state index contributed by atoms with van der Waals surface area (Å²) in [6.45, 7) is 3.36. The molecule has 172 valence electrons. The third-order valence-corrected chi connectivity index (χ3v) is 5.49. The first kappa shape index (κ1) is 24.8. The highest BCUT2D eigenvalue weighted by molar-refractivity contribution is 7.89. The van der Waals surface area contributed by atoms with Gasteiger partial charge in [-0.05, 0) is 30.3 Å². The lowest BCUT2D eigenvalue weighted by Crippen LogP contribution is -2.29. The number of nitrogens with one attached hydrogen (secondary N) is 3. The summed E-state index contributed by atoms with van der Waals surface area (Å²) in [5.74, 6) is -0.602. The molecule has 0 aliphatic rings. The van der Waals surface area contributed by atoms with E-state index in [0.717, 1.165) is 6.07 Å². The van der Waals surface area contributed by atoms with Gasteiger partial charge >= 0.3 is 6.18 Å². The molecule has 3 N–H and O–H groups in total. The smallest absolute Gasteiger partial charge is 0.378 e. The Morgan fingerprint density at radius 2 is 1.88 bits per heavy atom. The van der Waals surface area contributed by atoms with Gasteiger partial charge in [0, 0.05) is 31.3 Å². The number of amides is 1. The van der Waals surface area contributed by atoms with Gasteiger partial charge in [0.05, 0.1) is 15.4 Å². The number of alkyl halides is 3. The van der Waals surface area contributed by atoms with Crippen molar-refractivity contribution in [2.24, 2.45) is 0 Å². The van der Waals surface area contributed by atoms with Gasteiger partial charge in [-0.25, -0.2) is 13.1 Å². The van der Waals surface area contributed by atoms with Crippen molar-refractivity contribution in [2.45, 2.75) is 11.1 Å². The Hall–Kier alpha value is -3.45. The predicted octanol–water partition coefficient (Wildman–Crippen LogP) is 2.92. The Kier molecular flexibility index (Phi) is 7.94. The summed E-state index contributed by atoms with van der Waals surface area (Å²) >= 11 is 0. The average Bonchev–Trinajstić information content (AvgIpc) is 2.74. The lowest BCUT2D eigenvalue weighted by Gasteiger charge is -2.11. The molecule has 13 heteroatoms. The second-order valence-corrected chi connectivity index (χ2v) is 8.10. The molecule has 32 heavy (non-hydrogen) atoms.